The molecule has 1 amide bonds. The molecule has 0 aliphatic rings. The predicted octanol–water partition coefficient (Wildman–Crippen LogP) is 6.96. The Morgan fingerprint density at radius 2 is 1.88 bits per heavy atom. The Bertz CT molecular complexity index is 1290. The SMILES string of the molecule is CCOc1cc(/C=C(/C#N)C(=O)Nc2ccc(C)c(Cl)c2)cc(Cl)c1OCc1ccccc1F. The number of benzene rings is 3. The number of hydrogen-bond acceptors (Lipinski definition) is 4. The summed E-state index contributed by atoms with van der Waals surface area (Å²) >= 11 is 12.5. The third-order valence-corrected chi connectivity index (χ3v) is 5.46. The van der Waals surface area contributed by atoms with Gasteiger partial charge in [-0.05, 0) is 61.4 Å². The average molecular weight is 499 g/mol. The minimum Gasteiger partial charge on any atom is -0.490 e. The van der Waals surface area contributed by atoms with Gasteiger partial charge in [0.25, 0.3) is 5.91 Å². The number of rotatable bonds is 8. The zero-order valence-electron chi connectivity index (χ0n) is 18.5. The Balaban J connectivity index is 1.86. The van der Waals surface area contributed by atoms with Crippen molar-refractivity contribution >= 4 is 40.9 Å². The number of hydrogen-bond donors (Lipinski definition) is 1. The Hall–Kier alpha value is -3.53. The van der Waals surface area contributed by atoms with Crippen LogP contribution < -0.4 is 14.8 Å². The first-order valence-corrected chi connectivity index (χ1v) is 11.1. The van der Waals surface area contributed by atoms with Crippen LogP contribution in [0.5, 0.6) is 11.5 Å². The number of nitrogens with zero attached hydrogens (tertiary/aromatic N) is 1. The van der Waals surface area contributed by atoms with E-state index in [1.165, 1.54) is 18.2 Å². The summed E-state index contributed by atoms with van der Waals surface area (Å²) < 4.78 is 25.3. The second-order valence-electron chi connectivity index (χ2n) is 7.23. The summed E-state index contributed by atoms with van der Waals surface area (Å²) in [4.78, 5) is 12.6. The zero-order valence-corrected chi connectivity index (χ0v) is 20.0. The topological polar surface area (TPSA) is 71.3 Å². The van der Waals surface area contributed by atoms with E-state index in [0.29, 0.717) is 34.2 Å². The summed E-state index contributed by atoms with van der Waals surface area (Å²) in [7, 11) is 0. The smallest absolute Gasteiger partial charge is 0.266 e. The Labute approximate surface area is 207 Å². The number of anilines is 1. The first kappa shape index (κ1) is 25.1. The van der Waals surface area contributed by atoms with Crippen molar-refractivity contribution in [1.29, 1.82) is 5.26 Å². The van der Waals surface area contributed by atoms with Crippen molar-refractivity contribution in [3.63, 3.8) is 0 Å². The maximum atomic E-state index is 13.9. The van der Waals surface area contributed by atoms with Crippen molar-refractivity contribution in [2.75, 3.05) is 11.9 Å². The van der Waals surface area contributed by atoms with Crippen LogP contribution in [-0.2, 0) is 11.4 Å². The number of carbonyl (C=O) groups excluding carboxylic acids is 1. The minimum absolute atomic E-state index is 0.0490. The van der Waals surface area contributed by atoms with E-state index >= 15 is 0 Å². The number of carbonyl (C=O) groups is 1. The number of ether oxygens (including phenoxy) is 2. The molecule has 0 aliphatic carbocycles. The minimum atomic E-state index is -0.601. The van der Waals surface area contributed by atoms with E-state index in [2.05, 4.69) is 5.32 Å². The average Bonchev–Trinajstić information content (AvgIpc) is 2.80. The summed E-state index contributed by atoms with van der Waals surface area (Å²) in [5.74, 6) is -0.450. The van der Waals surface area contributed by atoms with Gasteiger partial charge in [0, 0.05) is 16.3 Å². The summed E-state index contributed by atoms with van der Waals surface area (Å²) in [6, 6.07) is 16.3. The molecular formula is C26H21Cl2FN2O3. The van der Waals surface area contributed by atoms with Gasteiger partial charge in [0.2, 0.25) is 0 Å². The molecule has 0 spiro atoms. The highest BCUT2D eigenvalue weighted by atomic mass is 35.5. The van der Waals surface area contributed by atoms with Crippen molar-refractivity contribution in [2.24, 2.45) is 0 Å². The van der Waals surface area contributed by atoms with Crippen LogP contribution in [0.25, 0.3) is 6.08 Å². The first-order chi connectivity index (χ1) is 16.3. The van der Waals surface area contributed by atoms with Gasteiger partial charge in [0.1, 0.15) is 24.1 Å². The largest absolute Gasteiger partial charge is 0.490 e. The van der Waals surface area contributed by atoms with Gasteiger partial charge in [-0.2, -0.15) is 5.26 Å². The molecule has 34 heavy (non-hydrogen) atoms. The highest BCUT2D eigenvalue weighted by molar-refractivity contribution is 6.32. The molecule has 0 aliphatic heterocycles. The van der Waals surface area contributed by atoms with E-state index in [4.69, 9.17) is 32.7 Å². The third kappa shape index (κ3) is 6.28. The van der Waals surface area contributed by atoms with Crippen LogP contribution in [0, 0.1) is 24.1 Å². The molecule has 0 aromatic heterocycles. The summed E-state index contributed by atoms with van der Waals surface area (Å²) in [5, 5.41) is 12.9. The number of nitriles is 1. The van der Waals surface area contributed by atoms with Crippen LogP contribution in [0.3, 0.4) is 0 Å². The Morgan fingerprint density at radius 1 is 1.12 bits per heavy atom. The van der Waals surface area contributed by atoms with E-state index in [9.17, 15) is 14.4 Å². The second kappa shape index (κ2) is 11.6. The van der Waals surface area contributed by atoms with Crippen molar-refractivity contribution in [3.05, 3.63) is 92.7 Å². The standard InChI is InChI=1S/C26H21Cl2FN2O3/c1-3-33-24-12-17(11-22(28)25(24)34-15-18-6-4-5-7-23(18)29)10-19(14-30)26(32)31-20-9-8-16(2)21(27)13-20/h4-13H,3,15H2,1-2H3,(H,31,32)/b19-10-. The second-order valence-corrected chi connectivity index (χ2v) is 8.05. The maximum absolute atomic E-state index is 13.9. The summed E-state index contributed by atoms with van der Waals surface area (Å²) in [5.41, 5.74) is 2.01. The van der Waals surface area contributed by atoms with Crippen LogP contribution in [0.1, 0.15) is 23.6 Å². The van der Waals surface area contributed by atoms with Gasteiger partial charge in [0.15, 0.2) is 11.5 Å². The van der Waals surface area contributed by atoms with Gasteiger partial charge in [-0.1, -0.05) is 47.5 Å². The van der Waals surface area contributed by atoms with E-state index in [0.717, 1.165) is 5.56 Å². The van der Waals surface area contributed by atoms with Crippen LogP contribution in [0.15, 0.2) is 60.2 Å². The van der Waals surface area contributed by atoms with Crippen molar-refractivity contribution in [1.82, 2.24) is 0 Å². The molecule has 1 N–H and O–H groups in total. The van der Waals surface area contributed by atoms with Crippen LogP contribution >= 0.6 is 23.2 Å². The quantitative estimate of drug-likeness (QED) is 0.269. The van der Waals surface area contributed by atoms with Crippen LogP contribution in [0.2, 0.25) is 10.0 Å². The third-order valence-electron chi connectivity index (χ3n) is 4.77. The van der Waals surface area contributed by atoms with Gasteiger partial charge in [0.05, 0.1) is 11.6 Å². The molecule has 5 nitrogen and oxygen atoms in total. The molecule has 0 atom stereocenters. The van der Waals surface area contributed by atoms with Crippen molar-refractivity contribution < 1.29 is 18.7 Å². The maximum Gasteiger partial charge on any atom is 0.266 e. The van der Waals surface area contributed by atoms with E-state index in [1.807, 2.05) is 13.0 Å². The highest BCUT2D eigenvalue weighted by Gasteiger charge is 2.16. The van der Waals surface area contributed by atoms with E-state index < -0.39 is 11.7 Å². The normalized spacial score (nSPS) is 11.0. The van der Waals surface area contributed by atoms with Crippen molar-refractivity contribution in [2.45, 2.75) is 20.5 Å². The fourth-order valence-corrected chi connectivity index (χ4v) is 3.48. The van der Waals surface area contributed by atoms with Gasteiger partial charge in [-0.25, -0.2) is 4.39 Å². The molecule has 0 bridgehead atoms. The molecule has 8 heteroatoms. The first-order valence-electron chi connectivity index (χ1n) is 10.3. The highest BCUT2D eigenvalue weighted by Crippen LogP contribution is 2.38. The number of halogens is 3. The molecule has 3 rings (SSSR count). The number of amides is 1. The fourth-order valence-electron chi connectivity index (χ4n) is 3.02. The lowest BCUT2D eigenvalue weighted by Gasteiger charge is -2.15. The lowest BCUT2D eigenvalue weighted by Crippen LogP contribution is -2.13. The zero-order chi connectivity index (χ0) is 24.7. The van der Waals surface area contributed by atoms with Gasteiger partial charge < -0.3 is 14.8 Å². The lowest BCUT2D eigenvalue weighted by atomic mass is 10.1. The summed E-state index contributed by atoms with van der Waals surface area (Å²) in [6.07, 6.45) is 1.39. The summed E-state index contributed by atoms with van der Waals surface area (Å²) in [6.45, 7) is 3.90. The van der Waals surface area contributed by atoms with E-state index in [-0.39, 0.29) is 23.0 Å². The van der Waals surface area contributed by atoms with Gasteiger partial charge >= 0.3 is 0 Å². The molecule has 0 radical (unpaired) electrons. The Morgan fingerprint density at radius 3 is 2.56 bits per heavy atom. The predicted molar refractivity (Wildman–Crippen MR) is 132 cm³/mol. The molecule has 0 saturated carbocycles. The number of aryl methyl sites for hydroxylation is 1. The molecule has 0 saturated heterocycles. The molecule has 3 aromatic carbocycles. The molecule has 0 unspecified atom stereocenters. The molecular weight excluding hydrogens is 478 g/mol. The molecule has 0 heterocycles. The van der Waals surface area contributed by atoms with E-state index in [1.54, 1.807) is 49.4 Å². The number of nitrogens with one attached hydrogen (secondary N) is 1. The molecule has 0 fully saturated rings. The molecule has 3 aromatic rings. The van der Waals surface area contributed by atoms with Crippen LogP contribution in [0.4, 0.5) is 10.1 Å². The van der Waals surface area contributed by atoms with Crippen LogP contribution in [-0.4, -0.2) is 12.5 Å². The van der Waals surface area contributed by atoms with Gasteiger partial charge in [-0.3, -0.25) is 4.79 Å². The van der Waals surface area contributed by atoms with Crippen molar-refractivity contribution in [3.8, 4) is 17.6 Å². The Kier molecular flexibility index (Phi) is 8.53. The van der Waals surface area contributed by atoms with Gasteiger partial charge in [-0.15, -0.1) is 0 Å². The molecule has 174 valence electrons. The fraction of sp³-hybridized carbons (Fsp3) is 0.154. The lowest BCUT2D eigenvalue weighted by molar-refractivity contribution is -0.112. The monoisotopic (exact) mass is 498 g/mol.